The topological polar surface area (TPSA) is 90.3 Å². The SMILES string of the molecule is CCCCC1=NC2(CCN(C(=O)c3ccccc3)CC2)C(=O)N1Cc1ccc(-c2ccccc2C(=O)O)cc1. The molecule has 2 aliphatic rings. The zero-order valence-corrected chi connectivity index (χ0v) is 22.2. The molecule has 0 bridgehead atoms. The number of benzene rings is 3. The normalized spacial score (nSPS) is 16.4. The minimum Gasteiger partial charge on any atom is -0.478 e. The Hall–Kier alpha value is -4.26. The lowest BCUT2D eigenvalue weighted by atomic mass is 9.87. The third kappa shape index (κ3) is 5.35. The van der Waals surface area contributed by atoms with Crippen LogP contribution in [0.2, 0.25) is 0 Å². The fourth-order valence-electron chi connectivity index (χ4n) is 5.47. The van der Waals surface area contributed by atoms with Gasteiger partial charge in [-0.05, 0) is 54.2 Å². The molecule has 3 aromatic carbocycles. The largest absolute Gasteiger partial charge is 0.478 e. The maximum atomic E-state index is 13.9. The molecular formula is C32H33N3O4. The second-order valence-electron chi connectivity index (χ2n) is 10.3. The molecule has 1 spiro atoms. The fraction of sp³-hybridized carbons (Fsp3) is 0.312. The van der Waals surface area contributed by atoms with Gasteiger partial charge in [0.1, 0.15) is 11.4 Å². The Bertz CT molecular complexity index is 1390. The summed E-state index contributed by atoms with van der Waals surface area (Å²) < 4.78 is 0. The summed E-state index contributed by atoms with van der Waals surface area (Å²) >= 11 is 0. The maximum Gasteiger partial charge on any atom is 0.336 e. The van der Waals surface area contributed by atoms with Crippen molar-refractivity contribution in [2.75, 3.05) is 13.1 Å². The molecule has 3 aromatic rings. The molecule has 1 fully saturated rings. The van der Waals surface area contributed by atoms with Crippen molar-refractivity contribution in [3.05, 3.63) is 95.6 Å². The number of aliphatic imine (C=N–C) groups is 1. The van der Waals surface area contributed by atoms with E-state index in [1.165, 1.54) is 0 Å². The lowest BCUT2D eigenvalue weighted by Gasteiger charge is -2.36. The van der Waals surface area contributed by atoms with Gasteiger partial charge in [-0.2, -0.15) is 0 Å². The van der Waals surface area contributed by atoms with Gasteiger partial charge in [-0.3, -0.25) is 19.5 Å². The standard InChI is InChI=1S/C32H33N3O4/c1-2-3-13-28-33-32(18-20-34(21-19-32)29(36)25-9-5-4-6-10-25)31(39)35(28)22-23-14-16-24(17-15-23)26-11-7-8-12-27(26)30(37)38/h4-12,14-17H,2-3,13,18-22H2,1H3,(H,37,38). The summed E-state index contributed by atoms with van der Waals surface area (Å²) in [6.45, 7) is 3.53. The van der Waals surface area contributed by atoms with E-state index in [-0.39, 0.29) is 17.4 Å². The number of hydrogen-bond acceptors (Lipinski definition) is 4. The lowest BCUT2D eigenvalue weighted by molar-refractivity contribution is -0.133. The van der Waals surface area contributed by atoms with Gasteiger partial charge < -0.3 is 10.0 Å². The average Bonchev–Trinajstić information content (AvgIpc) is 3.22. The van der Waals surface area contributed by atoms with Crippen LogP contribution in [0.4, 0.5) is 0 Å². The maximum absolute atomic E-state index is 13.9. The smallest absolute Gasteiger partial charge is 0.336 e. The first-order valence-electron chi connectivity index (χ1n) is 13.6. The van der Waals surface area contributed by atoms with Crippen molar-refractivity contribution in [3.8, 4) is 11.1 Å². The van der Waals surface area contributed by atoms with Gasteiger partial charge >= 0.3 is 5.97 Å². The average molecular weight is 524 g/mol. The van der Waals surface area contributed by atoms with Crippen LogP contribution < -0.4 is 0 Å². The Balaban J connectivity index is 1.32. The number of unbranched alkanes of at least 4 members (excludes halogenated alkanes) is 1. The van der Waals surface area contributed by atoms with E-state index in [2.05, 4.69) is 6.92 Å². The molecule has 1 N–H and O–H groups in total. The van der Waals surface area contributed by atoms with Crippen molar-refractivity contribution >= 4 is 23.6 Å². The number of carboxylic acid groups (broad SMARTS) is 1. The molecular weight excluding hydrogens is 490 g/mol. The molecule has 0 saturated carbocycles. The summed E-state index contributed by atoms with van der Waals surface area (Å²) in [5.41, 5.74) is 2.54. The Morgan fingerprint density at radius 2 is 1.59 bits per heavy atom. The van der Waals surface area contributed by atoms with Gasteiger partial charge in [0.15, 0.2) is 0 Å². The van der Waals surface area contributed by atoms with Crippen LogP contribution in [-0.4, -0.2) is 57.2 Å². The van der Waals surface area contributed by atoms with E-state index >= 15 is 0 Å². The molecule has 0 aliphatic carbocycles. The molecule has 7 nitrogen and oxygen atoms in total. The van der Waals surface area contributed by atoms with E-state index in [1.54, 1.807) is 18.2 Å². The molecule has 0 unspecified atom stereocenters. The summed E-state index contributed by atoms with van der Waals surface area (Å²) in [4.78, 5) is 47.1. The van der Waals surface area contributed by atoms with Crippen molar-refractivity contribution in [2.45, 2.75) is 51.1 Å². The number of amides is 2. The van der Waals surface area contributed by atoms with Crippen molar-refractivity contribution in [1.82, 2.24) is 9.80 Å². The van der Waals surface area contributed by atoms with E-state index < -0.39 is 11.5 Å². The molecule has 0 aromatic heterocycles. The number of nitrogens with zero attached hydrogens (tertiary/aromatic N) is 3. The molecule has 7 heteroatoms. The van der Waals surface area contributed by atoms with Gasteiger partial charge in [0.05, 0.1) is 12.1 Å². The summed E-state index contributed by atoms with van der Waals surface area (Å²) in [7, 11) is 0. The molecule has 0 radical (unpaired) electrons. The van der Waals surface area contributed by atoms with Gasteiger partial charge in [0.25, 0.3) is 11.8 Å². The van der Waals surface area contributed by atoms with Gasteiger partial charge in [-0.25, -0.2) is 4.79 Å². The predicted octanol–water partition coefficient (Wildman–Crippen LogP) is 5.66. The first-order chi connectivity index (χ1) is 18.9. The third-order valence-electron chi connectivity index (χ3n) is 7.71. The Morgan fingerprint density at radius 1 is 0.923 bits per heavy atom. The minimum absolute atomic E-state index is 0.00694. The Labute approximate surface area is 228 Å². The highest BCUT2D eigenvalue weighted by Crippen LogP contribution is 2.36. The zero-order valence-electron chi connectivity index (χ0n) is 22.2. The van der Waals surface area contributed by atoms with Crippen LogP contribution in [0.3, 0.4) is 0 Å². The number of carbonyl (C=O) groups excluding carboxylic acids is 2. The van der Waals surface area contributed by atoms with Crippen molar-refractivity contribution < 1.29 is 19.5 Å². The molecule has 200 valence electrons. The second-order valence-corrected chi connectivity index (χ2v) is 10.3. The van der Waals surface area contributed by atoms with E-state index in [1.807, 2.05) is 70.5 Å². The van der Waals surface area contributed by atoms with Gasteiger partial charge in [-0.15, -0.1) is 0 Å². The van der Waals surface area contributed by atoms with Crippen molar-refractivity contribution in [3.63, 3.8) is 0 Å². The first kappa shape index (κ1) is 26.4. The number of carboxylic acids is 1. The highest BCUT2D eigenvalue weighted by molar-refractivity contribution is 6.08. The summed E-state index contributed by atoms with van der Waals surface area (Å²) in [5, 5.41) is 9.55. The number of likely N-dealkylation sites (tertiary alicyclic amines) is 1. The molecule has 5 rings (SSSR count). The Kier molecular flexibility index (Phi) is 7.59. The van der Waals surface area contributed by atoms with Crippen LogP contribution >= 0.6 is 0 Å². The minimum atomic E-state index is -0.962. The first-order valence-corrected chi connectivity index (χ1v) is 13.6. The number of aromatic carboxylic acids is 1. The molecule has 0 atom stereocenters. The van der Waals surface area contributed by atoms with Crippen molar-refractivity contribution in [2.24, 2.45) is 4.99 Å². The van der Waals surface area contributed by atoms with E-state index in [4.69, 9.17) is 4.99 Å². The van der Waals surface area contributed by atoms with Gasteiger partial charge in [0, 0.05) is 25.1 Å². The third-order valence-corrected chi connectivity index (χ3v) is 7.71. The lowest BCUT2D eigenvalue weighted by Crippen LogP contribution is -2.51. The summed E-state index contributed by atoms with van der Waals surface area (Å²) in [6.07, 6.45) is 3.72. The quantitative estimate of drug-likeness (QED) is 0.413. The van der Waals surface area contributed by atoms with Crippen molar-refractivity contribution in [1.29, 1.82) is 0 Å². The molecule has 2 heterocycles. The van der Waals surface area contributed by atoms with Crippen LogP contribution in [0.5, 0.6) is 0 Å². The number of amidine groups is 1. The van der Waals surface area contributed by atoms with Gasteiger partial charge in [-0.1, -0.05) is 74.0 Å². The molecule has 2 amide bonds. The van der Waals surface area contributed by atoms with E-state index in [9.17, 15) is 19.5 Å². The highest BCUT2D eigenvalue weighted by atomic mass is 16.4. The predicted molar refractivity (Wildman–Crippen MR) is 151 cm³/mol. The van der Waals surface area contributed by atoms with E-state index in [0.29, 0.717) is 43.6 Å². The monoisotopic (exact) mass is 523 g/mol. The van der Waals surface area contributed by atoms with Crippen LogP contribution in [0.1, 0.15) is 65.3 Å². The van der Waals surface area contributed by atoms with Crippen LogP contribution in [-0.2, 0) is 11.3 Å². The van der Waals surface area contributed by atoms with E-state index in [0.717, 1.165) is 36.2 Å². The van der Waals surface area contributed by atoms with Gasteiger partial charge in [0.2, 0.25) is 0 Å². The van der Waals surface area contributed by atoms with Crippen LogP contribution in [0.15, 0.2) is 83.9 Å². The number of piperidine rings is 1. The Morgan fingerprint density at radius 3 is 2.26 bits per heavy atom. The zero-order chi connectivity index (χ0) is 27.4. The number of rotatable bonds is 8. The molecule has 1 saturated heterocycles. The summed E-state index contributed by atoms with van der Waals surface area (Å²) in [5.74, 6) is -0.130. The number of hydrogen-bond donors (Lipinski definition) is 1. The second kappa shape index (κ2) is 11.2. The molecule has 39 heavy (non-hydrogen) atoms. The fourth-order valence-corrected chi connectivity index (χ4v) is 5.47. The highest BCUT2D eigenvalue weighted by Gasteiger charge is 2.49. The summed E-state index contributed by atoms with van der Waals surface area (Å²) in [6, 6.07) is 23.9. The van der Waals surface area contributed by atoms with Crippen LogP contribution in [0, 0.1) is 0 Å². The molecule has 2 aliphatic heterocycles. The van der Waals surface area contributed by atoms with Crippen LogP contribution in [0.25, 0.3) is 11.1 Å². The number of carbonyl (C=O) groups is 3.